The molecule has 0 saturated carbocycles. The van der Waals surface area contributed by atoms with E-state index in [1.54, 1.807) is 13.0 Å². The van der Waals surface area contributed by atoms with Gasteiger partial charge in [0.2, 0.25) is 0 Å². The van der Waals surface area contributed by atoms with Crippen LogP contribution in [-0.2, 0) is 15.6 Å². The van der Waals surface area contributed by atoms with Gasteiger partial charge in [0, 0.05) is 17.9 Å². The molecule has 0 bridgehead atoms. The van der Waals surface area contributed by atoms with Crippen LogP contribution in [0.4, 0.5) is 5.69 Å². The Bertz CT molecular complexity index is 493. The highest BCUT2D eigenvalue weighted by atomic mass is 32.2. The van der Waals surface area contributed by atoms with Crippen LogP contribution in [0, 0.1) is 17.0 Å². The highest BCUT2D eigenvalue weighted by molar-refractivity contribution is 7.89. The predicted octanol–water partition coefficient (Wildman–Crippen LogP) is 1.45. The van der Waals surface area contributed by atoms with Gasteiger partial charge in [0.1, 0.15) is 0 Å². The number of benzene rings is 1. The van der Waals surface area contributed by atoms with Crippen LogP contribution < -0.4 is 0 Å². The molecule has 1 rings (SSSR count). The minimum Gasteiger partial charge on any atom is -0.258 e. The number of hydrogen-bond acceptors (Lipinski definition) is 4. The molecule has 0 N–H and O–H groups in total. The number of rotatable bonds is 3. The van der Waals surface area contributed by atoms with Crippen molar-refractivity contribution in [2.24, 2.45) is 0 Å². The van der Waals surface area contributed by atoms with Gasteiger partial charge in [0.15, 0.2) is 9.84 Å². The second kappa shape index (κ2) is 3.98. The molecular weight excluding hydrogens is 218 g/mol. The fourth-order valence-corrected chi connectivity index (χ4v) is 2.18. The maximum absolute atomic E-state index is 11.1. The Hall–Kier alpha value is -1.43. The van der Waals surface area contributed by atoms with Crippen molar-refractivity contribution in [3.63, 3.8) is 0 Å². The lowest BCUT2D eigenvalue weighted by Crippen LogP contribution is -2.04. The van der Waals surface area contributed by atoms with Crippen molar-refractivity contribution in [1.29, 1.82) is 0 Å². The predicted molar refractivity (Wildman–Crippen MR) is 56.4 cm³/mol. The van der Waals surface area contributed by atoms with Crippen LogP contribution in [-0.4, -0.2) is 19.6 Å². The topological polar surface area (TPSA) is 77.3 Å². The molecule has 0 amide bonds. The molecule has 0 heterocycles. The van der Waals surface area contributed by atoms with E-state index >= 15 is 0 Å². The van der Waals surface area contributed by atoms with E-state index in [-0.39, 0.29) is 11.4 Å². The smallest absolute Gasteiger partial charge is 0.258 e. The molecule has 82 valence electrons. The van der Waals surface area contributed by atoms with Crippen LogP contribution in [0.1, 0.15) is 11.1 Å². The van der Waals surface area contributed by atoms with Crippen molar-refractivity contribution < 1.29 is 13.3 Å². The molecule has 15 heavy (non-hydrogen) atoms. The molecule has 0 spiro atoms. The third-order valence-corrected chi connectivity index (χ3v) is 2.87. The van der Waals surface area contributed by atoms with Gasteiger partial charge >= 0.3 is 0 Å². The lowest BCUT2D eigenvalue weighted by Gasteiger charge is -2.04. The first kappa shape index (κ1) is 11.6. The Balaban J connectivity index is 3.22. The zero-order valence-corrected chi connectivity index (χ0v) is 9.24. The van der Waals surface area contributed by atoms with E-state index in [1.807, 2.05) is 0 Å². The first-order chi connectivity index (χ1) is 6.81. The van der Waals surface area contributed by atoms with E-state index < -0.39 is 14.8 Å². The van der Waals surface area contributed by atoms with Crippen LogP contribution in [0.3, 0.4) is 0 Å². The summed E-state index contributed by atoms with van der Waals surface area (Å²) in [5.41, 5.74) is 0.843. The Labute approximate surface area is 87.8 Å². The lowest BCUT2D eigenvalue weighted by atomic mass is 10.1. The zero-order valence-electron chi connectivity index (χ0n) is 8.43. The average molecular weight is 229 g/mol. The third-order valence-electron chi connectivity index (χ3n) is 2.03. The van der Waals surface area contributed by atoms with Crippen LogP contribution in [0.25, 0.3) is 0 Å². The Morgan fingerprint density at radius 3 is 2.47 bits per heavy atom. The van der Waals surface area contributed by atoms with Crippen LogP contribution >= 0.6 is 0 Å². The molecule has 0 saturated heterocycles. The van der Waals surface area contributed by atoms with Gasteiger partial charge in [-0.05, 0) is 12.5 Å². The van der Waals surface area contributed by atoms with Crippen molar-refractivity contribution in [3.8, 4) is 0 Å². The Morgan fingerprint density at radius 2 is 2.00 bits per heavy atom. The first-order valence-electron chi connectivity index (χ1n) is 4.22. The molecule has 6 heteroatoms. The molecule has 1 aromatic carbocycles. The molecule has 5 nitrogen and oxygen atoms in total. The number of sulfone groups is 1. The van der Waals surface area contributed by atoms with E-state index in [4.69, 9.17) is 0 Å². The highest BCUT2D eigenvalue weighted by Crippen LogP contribution is 2.22. The molecule has 0 fully saturated rings. The van der Waals surface area contributed by atoms with Crippen molar-refractivity contribution >= 4 is 15.5 Å². The standard InChI is InChI=1S/C9H11NO4S/c1-7-8(6-15(2,13)14)4-3-5-9(7)10(11)12/h3-5H,6H2,1-2H3. The summed E-state index contributed by atoms with van der Waals surface area (Å²) in [6.07, 6.45) is 1.10. The van der Waals surface area contributed by atoms with Crippen molar-refractivity contribution in [1.82, 2.24) is 0 Å². The van der Waals surface area contributed by atoms with Gasteiger partial charge in [-0.1, -0.05) is 12.1 Å². The van der Waals surface area contributed by atoms with Crippen LogP contribution in [0.2, 0.25) is 0 Å². The minimum absolute atomic E-state index is 0.0452. The number of nitro groups is 1. The van der Waals surface area contributed by atoms with Gasteiger partial charge in [-0.3, -0.25) is 10.1 Å². The van der Waals surface area contributed by atoms with Crippen molar-refractivity contribution in [3.05, 3.63) is 39.4 Å². The summed E-state index contributed by atoms with van der Waals surface area (Å²) in [5.74, 6) is -0.166. The summed E-state index contributed by atoms with van der Waals surface area (Å²) < 4.78 is 22.1. The quantitative estimate of drug-likeness (QED) is 0.580. The van der Waals surface area contributed by atoms with E-state index in [2.05, 4.69) is 0 Å². The summed E-state index contributed by atoms with van der Waals surface area (Å²) in [7, 11) is -3.16. The van der Waals surface area contributed by atoms with Gasteiger partial charge in [0.25, 0.3) is 5.69 Å². The molecule has 0 aliphatic heterocycles. The molecule has 0 aliphatic rings. The van der Waals surface area contributed by atoms with Crippen molar-refractivity contribution in [2.45, 2.75) is 12.7 Å². The molecule has 0 radical (unpaired) electrons. The van der Waals surface area contributed by atoms with E-state index in [1.165, 1.54) is 12.1 Å². The molecule has 1 aromatic rings. The van der Waals surface area contributed by atoms with Crippen LogP contribution in [0.5, 0.6) is 0 Å². The molecule has 0 aliphatic carbocycles. The number of hydrogen-bond donors (Lipinski definition) is 0. The average Bonchev–Trinajstić information content (AvgIpc) is 2.05. The first-order valence-corrected chi connectivity index (χ1v) is 6.28. The molecular formula is C9H11NO4S. The maximum atomic E-state index is 11.1. The summed E-state index contributed by atoms with van der Waals surface area (Å²) in [5, 5.41) is 10.6. The van der Waals surface area contributed by atoms with Crippen LogP contribution in [0.15, 0.2) is 18.2 Å². The summed E-state index contributed by atoms with van der Waals surface area (Å²) in [6, 6.07) is 4.44. The second-order valence-corrected chi connectivity index (χ2v) is 5.53. The highest BCUT2D eigenvalue weighted by Gasteiger charge is 2.15. The summed E-state index contributed by atoms with van der Waals surface area (Å²) in [6.45, 7) is 1.55. The van der Waals surface area contributed by atoms with Gasteiger partial charge < -0.3 is 0 Å². The zero-order chi connectivity index (χ0) is 11.6. The number of nitrogens with zero attached hydrogens (tertiary/aromatic N) is 1. The third kappa shape index (κ3) is 3.02. The number of nitro benzene ring substituents is 1. The Morgan fingerprint density at radius 1 is 1.40 bits per heavy atom. The van der Waals surface area contributed by atoms with Gasteiger partial charge in [-0.15, -0.1) is 0 Å². The largest absolute Gasteiger partial charge is 0.272 e. The second-order valence-electron chi connectivity index (χ2n) is 3.39. The van der Waals surface area contributed by atoms with Crippen molar-refractivity contribution in [2.75, 3.05) is 6.26 Å². The van der Waals surface area contributed by atoms with E-state index in [0.29, 0.717) is 11.1 Å². The normalized spacial score (nSPS) is 11.3. The minimum atomic E-state index is -3.16. The fourth-order valence-electron chi connectivity index (χ4n) is 1.31. The summed E-state index contributed by atoms with van der Waals surface area (Å²) >= 11 is 0. The van der Waals surface area contributed by atoms with Gasteiger partial charge in [-0.2, -0.15) is 0 Å². The molecule has 0 unspecified atom stereocenters. The molecule has 0 atom stereocenters. The lowest BCUT2D eigenvalue weighted by molar-refractivity contribution is -0.385. The summed E-state index contributed by atoms with van der Waals surface area (Å²) in [4.78, 5) is 10.1. The van der Waals surface area contributed by atoms with Gasteiger partial charge in [0.05, 0.1) is 10.7 Å². The Kier molecular flexibility index (Phi) is 3.09. The maximum Gasteiger partial charge on any atom is 0.272 e. The fraction of sp³-hybridized carbons (Fsp3) is 0.333. The monoisotopic (exact) mass is 229 g/mol. The SMILES string of the molecule is Cc1c(CS(C)(=O)=O)cccc1[N+](=O)[O-]. The van der Waals surface area contributed by atoms with E-state index in [9.17, 15) is 18.5 Å². The van der Waals surface area contributed by atoms with Gasteiger partial charge in [-0.25, -0.2) is 8.42 Å². The molecule has 0 aromatic heterocycles. The van der Waals surface area contributed by atoms with E-state index in [0.717, 1.165) is 6.26 Å².